The summed E-state index contributed by atoms with van der Waals surface area (Å²) in [6, 6.07) is 16.4. The maximum atomic E-state index is 12.8. The molecule has 1 amide bonds. The van der Waals surface area contributed by atoms with Crippen LogP contribution in [0.1, 0.15) is 16.8 Å². The van der Waals surface area contributed by atoms with Crippen molar-refractivity contribution in [1.82, 2.24) is 9.55 Å². The molecule has 4 aromatic rings. The third-order valence-electron chi connectivity index (χ3n) is 5.49. The fraction of sp³-hybridized carbons (Fsp3) is 0.111. The highest BCUT2D eigenvalue weighted by Crippen LogP contribution is 2.39. The van der Waals surface area contributed by atoms with Gasteiger partial charge in [0.2, 0.25) is 5.91 Å². The second-order valence-electron chi connectivity index (χ2n) is 7.89. The zero-order valence-electron chi connectivity index (χ0n) is 19.0. The molecule has 2 heterocycles. The summed E-state index contributed by atoms with van der Waals surface area (Å²) in [5, 5.41) is 12.6. The predicted molar refractivity (Wildman–Crippen MR) is 132 cm³/mol. The van der Waals surface area contributed by atoms with Crippen LogP contribution in [0.3, 0.4) is 0 Å². The van der Waals surface area contributed by atoms with Crippen LogP contribution < -0.4 is 15.6 Å². The SMILES string of the molecule is C=CC(=O)Nc1ccc(Oc2c(C)cccc2C)c(-c2cn(C)c(=O)c3nc(C#N)ccc23)c1. The average molecular weight is 450 g/mol. The number of para-hydroxylation sites is 1. The van der Waals surface area contributed by atoms with Crippen molar-refractivity contribution in [1.29, 1.82) is 5.26 Å². The van der Waals surface area contributed by atoms with E-state index in [0.29, 0.717) is 28.0 Å². The van der Waals surface area contributed by atoms with E-state index in [1.54, 1.807) is 43.6 Å². The zero-order chi connectivity index (χ0) is 24.4. The molecule has 0 fully saturated rings. The first-order valence-corrected chi connectivity index (χ1v) is 10.5. The Morgan fingerprint density at radius 2 is 1.88 bits per heavy atom. The summed E-state index contributed by atoms with van der Waals surface area (Å²) in [7, 11) is 1.63. The van der Waals surface area contributed by atoms with Gasteiger partial charge in [-0.1, -0.05) is 24.8 Å². The van der Waals surface area contributed by atoms with Crippen molar-refractivity contribution < 1.29 is 9.53 Å². The Morgan fingerprint density at radius 1 is 1.15 bits per heavy atom. The summed E-state index contributed by atoms with van der Waals surface area (Å²) in [4.78, 5) is 29.0. The van der Waals surface area contributed by atoms with E-state index in [-0.39, 0.29) is 22.7 Å². The van der Waals surface area contributed by atoms with Gasteiger partial charge in [0.25, 0.3) is 5.56 Å². The first-order chi connectivity index (χ1) is 16.3. The number of nitriles is 1. The van der Waals surface area contributed by atoms with Gasteiger partial charge in [-0.3, -0.25) is 9.59 Å². The van der Waals surface area contributed by atoms with E-state index in [9.17, 15) is 14.9 Å². The number of hydrogen-bond acceptors (Lipinski definition) is 5. The van der Waals surface area contributed by atoms with Crippen LogP contribution in [0.15, 0.2) is 72.2 Å². The van der Waals surface area contributed by atoms with Crippen LogP contribution in [0.2, 0.25) is 0 Å². The third-order valence-corrected chi connectivity index (χ3v) is 5.49. The predicted octanol–water partition coefficient (Wildman–Crippen LogP) is 5.01. The van der Waals surface area contributed by atoms with Crippen molar-refractivity contribution in [3.05, 3.63) is 94.6 Å². The summed E-state index contributed by atoms with van der Waals surface area (Å²) in [6.45, 7) is 7.44. The topological polar surface area (TPSA) is 97.0 Å². The van der Waals surface area contributed by atoms with Gasteiger partial charge < -0.3 is 14.6 Å². The van der Waals surface area contributed by atoms with Gasteiger partial charge in [-0.2, -0.15) is 5.26 Å². The van der Waals surface area contributed by atoms with Crippen LogP contribution >= 0.6 is 0 Å². The Bertz CT molecular complexity index is 1540. The summed E-state index contributed by atoms with van der Waals surface area (Å²) in [6.07, 6.45) is 2.89. The Hall–Kier alpha value is -4.70. The number of fused-ring (bicyclic) bond motifs is 1. The van der Waals surface area contributed by atoms with Crippen molar-refractivity contribution >= 4 is 22.5 Å². The molecule has 4 rings (SSSR count). The number of carbonyl (C=O) groups is 1. The number of nitrogens with one attached hydrogen (secondary N) is 1. The molecule has 0 bridgehead atoms. The van der Waals surface area contributed by atoms with Crippen molar-refractivity contribution in [2.75, 3.05) is 5.32 Å². The van der Waals surface area contributed by atoms with Crippen LogP contribution in [0.5, 0.6) is 11.5 Å². The van der Waals surface area contributed by atoms with E-state index in [1.165, 1.54) is 10.6 Å². The zero-order valence-corrected chi connectivity index (χ0v) is 19.0. The van der Waals surface area contributed by atoms with Gasteiger partial charge in [0.05, 0.1) is 0 Å². The quantitative estimate of drug-likeness (QED) is 0.431. The van der Waals surface area contributed by atoms with Gasteiger partial charge in [-0.25, -0.2) is 4.98 Å². The fourth-order valence-electron chi connectivity index (χ4n) is 3.78. The smallest absolute Gasteiger partial charge is 0.276 e. The summed E-state index contributed by atoms with van der Waals surface area (Å²) >= 11 is 0. The van der Waals surface area contributed by atoms with E-state index >= 15 is 0 Å². The van der Waals surface area contributed by atoms with Crippen LogP contribution in [0, 0.1) is 25.2 Å². The highest BCUT2D eigenvalue weighted by atomic mass is 16.5. The van der Waals surface area contributed by atoms with Gasteiger partial charge in [-0.15, -0.1) is 0 Å². The summed E-state index contributed by atoms with van der Waals surface area (Å²) in [5.74, 6) is 0.920. The van der Waals surface area contributed by atoms with Crippen molar-refractivity contribution in [2.45, 2.75) is 13.8 Å². The monoisotopic (exact) mass is 450 g/mol. The van der Waals surface area contributed by atoms with Gasteiger partial charge in [0.1, 0.15) is 28.8 Å². The molecule has 2 aromatic heterocycles. The lowest BCUT2D eigenvalue weighted by molar-refractivity contribution is -0.111. The number of pyridine rings is 2. The number of amides is 1. The Balaban J connectivity index is 1.99. The van der Waals surface area contributed by atoms with Crippen molar-refractivity contribution in [3.63, 3.8) is 0 Å². The van der Waals surface area contributed by atoms with E-state index in [1.807, 2.05) is 38.1 Å². The minimum Gasteiger partial charge on any atom is -0.456 e. The van der Waals surface area contributed by atoms with Crippen LogP contribution in [-0.4, -0.2) is 15.5 Å². The molecular formula is C27H22N4O3. The number of carbonyl (C=O) groups excluding carboxylic acids is 1. The number of benzene rings is 2. The third kappa shape index (κ3) is 4.17. The van der Waals surface area contributed by atoms with Gasteiger partial charge in [-0.05, 0) is 61.4 Å². The van der Waals surface area contributed by atoms with E-state index in [4.69, 9.17) is 4.74 Å². The minimum atomic E-state index is -0.347. The number of nitrogens with zero attached hydrogens (tertiary/aromatic N) is 3. The molecule has 0 aliphatic carbocycles. The first kappa shape index (κ1) is 22.5. The second-order valence-corrected chi connectivity index (χ2v) is 7.89. The Morgan fingerprint density at radius 3 is 2.56 bits per heavy atom. The molecule has 0 spiro atoms. The number of aryl methyl sites for hydroxylation is 3. The van der Waals surface area contributed by atoms with Crippen molar-refractivity contribution in [2.24, 2.45) is 7.05 Å². The highest BCUT2D eigenvalue weighted by Gasteiger charge is 2.17. The molecule has 0 saturated heterocycles. The lowest BCUT2D eigenvalue weighted by atomic mass is 10.0. The molecule has 0 aliphatic heterocycles. The van der Waals surface area contributed by atoms with E-state index in [2.05, 4.69) is 16.9 Å². The normalized spacial score (nSPS) is 10.5. The maximum absolute atomic E-state index is 12.8. The standard InChI is InChI=1S/C27H22N4O3/c1-5-24(32)29-18-10-12-23(34-26-16(2)7-6-8-17(26)3)21(13-18)22-15-31(4)27(33)25-20(22)11-9-19(14-28)30-25/h5-13,15H,1H2,2-4H3,(H,29,32). The fourth-order valence-corrected chi connectivity index (χ4v) is 3.78. The van der Waals surface area contributed by atoms with Crippen LogP contribution in [-0.2, 0) is 11.8 Å². The second kappa shape index (κ2) is 9.04. The highest BCUT2D eigenvalue weighted by molar-refractivity contribution is 6.01. The number of rotatable bonds is 5. The molecule has 0 unspecified atom stereocenters. The number of ether oxygens (including phenoxy) is 1. The molecule has 7 nitrogen and oxygen atoms in total. The lowest BCUT2D eigenvalue weighted by Crippen LogP contribution is -2.18. The number of anilines is 1. The van der Waals surface area contributed by atoms with Crippen molar-refractivity contribution in [3.8, 4) is 28.7 Å². The molecule has 168 valence electrons. The van der Waals surface area contributed by atoms with Crippen LogP contribution in [0.4, 0.5) is 5.69 Å². The Kier molecular flexibility index (Phi) is 5.98. The largest absolute Gasteiger partial charge is 0.456 e. The van der Waals surface area contributed by atoms with Gasteiger partial charge in [0, 0.05) is 35.4 Å². The minimum absolute atomic E-state index is 0.153. The summed E-state index contributed by atoms with van der Waals surface area (Å²) in [5.41, 5.74) is 3.82. The molecular weight excluding hydrogens is 428 g/mol. The van der Waals surface area contributed by atoms with E-state index in [0.717, 1.165) is 16.9 Å². The number of hydrogen-bond donors (Lipinski definition) is 1. The maximum Gasteiger partial charge on any atom is 0.276 e. The molecule has 7 heteroatoms. The lowest BCUT2D eigenvalue weighted by Gasteiger charge is -2.18. The molecule has 2 aromatic carbocycles. The molecule has 0 saturated carbocycles. The Labute approximate surface area is 196 Å². The molecule has 1 N–H and O–H groups in total. The number of aromatic nitrogens is 2. The van der Waals surface area contributed by atoms with Gasteiger partial charge >= 0.3 is 0 Å². The molecule has 0 atom stereocenters. The van der Waals surface area contributed by atoms with E-state index < -0.39 is 0 Å². The van der Waals surface area contributed by atoms with Gasteiger partial charge in [0.15, 0.2) is 0 Å². The molecule has 0 aliphatic rings. The van der Waals surface area contributed by atoms with Crippen LogP contribution in [0.25, 0.3) is 22.0 Å². The average Bonchev–Trinajstić information content (AvgIpc) is 2.84. The molecule has 34 heavy (non-hydrogen) atoms. The first-order valence-electron chi connectivity index (χ1n) is 10.5. The molecule has 0 radical (unpaired) electrons. The summed E-state index contributed by atoms with van der Waals surface area (Å²) < 4.78 is 7.80.